The molecule has 0 atom stereocenters. The van der Waals surface area contributed by atoms with Crippen LogP contribution in [0.25, 0.3) is 28.1 Å². The Hall–Kier alpha value is -2.90. The predicted molar refractivity (Wildman–Crippen MR) is 161 cm³/mol. The highest BCUT2D eigenvalue weighted by atomic mass is 32.2. The fourth-order valence-corrected chi connectivity index (χ4v) is 7.57. The molecule has 0 amide bonds. The average molecular weight is 599 g/mol. The van der Waals surface area contributed by atoms with Crippen LogP contribution in [0.15, 0.2) is 41.9 Å². The van der Waals surface area contributed by atoms with Crippen LogP contribution in [-0.2, 0) is 27.5 Å². The third kappa shape index (κ3) is 6.46. The lowest BCUT2D eigenvalue weighted by Crippen LogP contribution is -2.40. The minimum Gasteiger partial charge on any atom is -0.386 e. The van der Waals surface area contributed by atoms with Crippen LogP contribution < -0.4 is 5.32 Å². The second-order valence-electron chi connectivity index (χ2n) is 10.6. The van der Waals surface area contributed by atoms with Crippen LogP contribution in [-0.4, -0.2) is 97.2 Å². The first-order valence-corrected chi connectivity index (χ1v) is 16.7. The lowest BCUT2D eigenvalue weighted by molar-refractivity contribution is 0.0341. The molecule has 0 saturated carbocycles. The van der Waals surface area contributed by atoms with Crippen molar-refractivity contribution in [1.82, 2.24) is 24.3 Å². The molecule has 2 fully saturated rings. The van der Waals surface area contributed by atoms with Crippen LogP contribution in [0.3, 0.4) is 0 Å². The maximum Gasteiger partial charge on any atom is 0.152 e. The number of nitrogens with zero attached hydrogens (tertiary/aromatic N) is 5. The number of sulfone groups is 1. The fourth-order valence-electron chi connectivity index (χ4n) is 5.48. The highest BCUT2D eigenvalue weighted by Crippen LogP contribution is 2.30. The average Bonchev–Trinajstić information content (AvgIpc) is 3.58. The number of hydrogen-bond donors (Lipinski definition) is 1. The van der Waals surface area contributed by atoms with E-state index in [9.17, 15) is 12.8 Å². The van der Waals surface area contributed by atoms with Crippen LogP contribution >= 0.6 is 11.3 Å². The van der Waals surface area contributed by atoms with E-state index in [1.165, 1.54) is 11.6 Å². The van der Waals surface area contributed by atoms with Gasteiger partial charge in [0.05, 0.1) is 42.6 Å². The lowest BCUT2D eigenvalue weighted by atomic mass is 10.1. The van der Waals surface area contributed by atoms with E-state index in [1.807, 2.05) is 12.1 Å². The van der Waals surface area contributed by atoms with E-state index in [-0.39, 0.29) is 17.3 Å². The smallest absolute Gasteiger partial charge is 0.152 e. The van der Waals surface area contributed by atoms with Crippen molar-refractivity contribution >= 4 is 37.9 Å². The summed E-state index contributed by atoms with van der Waals surface area (Å²) in [5.41, 5.74) is 3.82. The zero-order valence-corrected chi connectivity index (χ0v) is 24.8. The van der Waals surface area contributed by atoms with Crippen molar-refractivity contribution in [3.63, 3.8) is 0 Å². The summed E-state index contributed by atoms with van der Waals surface area (Å²) in [6.45, 7) is 6.15. The third-order valence-corrected chi connectivity index (χ3v) is 10.3. The van der Waals surface area contributed by atoms with Crippen molar-refractivity contribution in [3.8, 4) is 17.1 Å². The minimum atomic E-state index is -2.89. The van der Waals surface area contributed by atoms with Gasteiger partial charge in [0.2, 0.25) is 0 Å². The maximum atomic E-state index is 14.6. The van der Waals surface area contributed by atoms with E-state index < -0.39 is 9.84 Å². The van der Waals surface area contributed by atoms with Gasteiger partial charge in [-0.25, -0.2) is 22.8 Å². The molecule has 0 radical (unpaired) electrons. The molecule has 218 valence electrons. The Morgan fingerprint density at radius 2 is 1.85 bits per heavy atom. The Morgan fingerprint density at radius 1 is 1.05 bits per heavy atom. The Kier molecular flexibility index (Phi) is 8.36. The summed E-state index contributed by atoms with van der Waals surface area (Å²) >= 11 is 1.64. The van der Waals surface area contributed by atoms with E-state index in [0.29, 0.717) is 30.0 Å². The van der Waals surface area contributed by atoms with Gasteiger partial charge in [0.25, 0.3) is 0 Å². The van der Waals surface area contributed by atoms with Gasteiger partial charge in [-0.15, -0.1) is 11.3 Å². The van der Waals surface area contributed by atoms with Gasteiger partial charge in [-0.2, -0.15) is 0 Å². The van der Waals surface area contributed by atoms with Crippen molar-refractivity contribution in [2.75, 3.05) is 69.8 Å². The number of pyridine rings is 1. The molecule has 1 aromatic carbocycles. The molecule has 0 unspecified atom stereocenters. The van der Waals surface area contributed by atoms with Crippen molar-refractivity contribution < 1.29 is 17.5 Å². The van der Waals surface area contributed by atoms with Crippen LogP contribution in [0.4, 0.5) is 10.1 Å². The number of thiazole rings is 1. The van der Waals surface area contributed by atoms with Gasteiger partial charge >= 0.3 is 0 Å². The molecular formula is C29H35FN6O3S2. The van der Waals surface area contributed by atoms with Crippen molar-refractivity contribution in [3.05, 3.63) is 58.3 Å². The number of fused-ring (bicyclic) bond motifs is 1. The largest absolute Gasteiger partial charge is 0.386 e. The summed E-state index contributed by atoms with van der Waals surface area (Å²) < 4.78 is 45.7. The second kappa shape index (κ2) is 12.1. The van der Waals surface area contributed by atoms with Crippen molar-refractivity contribution in [2.45, 2.75) is 19.4 Å². The summed E-state index contributed by atoms with van der Waals surface area (Å²) in [4.78, 5) is 14.6. The number of benzene rings is 1. The Labute approximate surface area is 243 Å². The number of anilines is 1. The standard InChI is InChI=1S/C29H35FN6O3S2/c1-31-26-6-4-21(17-24(26)30)25-7-5-23-22(3-2-8-34-11-15-41(37,38)16-12-34)18-36(29(23)32-25)27-20-40-28(33-27)19-35-9-13-39-14-10-35/h4-7,17-18,20,31H,2-3,8-16,19H2,1H3. The van der Waals surface area contributed by atoms with E-state index in [1.54, 1.807) is 24.5 Å². The van der Waals surface area contributed by atoms with Crippen LogP contribution in [0, 0.1) is 5.82 Å². The summed E-state index contributed by atoms with van der Waals surface area (Å²) in [5, 5.41) is 7.03. The molecule has 5 heterocycles. The topological polar surface area (TPSA) is 92.6 Å². The van der Waals surface area contributed by atoms with E-state index in [2.05, 4.69) is 37.3 Å². The van der Waals surface area contributed by atoms with Gasteiger partial charge in [-0.05, 0) is 49.2 Å². The van der Waals surface area contributed by atoms with E-state index >= 15 is 0 Å². The summed E-state index contributed by atoms with van der Waals surface area (Å²) in [6.07, 6.45) is 3.88. The number of hydrogen-bond acceptors (Lipinski definition) is 9. The van der Waals surface area contributed by atoms with Gasteiger partial charge in [-0.3, -0.25) is 9.47 Å². The Bertz CT molecular complexity index is 1620. The number of aryl methyl sites for hydroxylation is 1. The molecule has 9 nitrogen and oxygen atoms in total. The van der Waals surface area contributed by atoms with Crippen LogP contribution in [0.2, 0.25) is 0 Å². The second-order valence-corrected chi connectivity index (χ2v) is 13.9. The molecule has 41 heavy (non-hydrogen) atoms. The molecule has 4 aromatic rings. The molecular weight excluding hydrogens is 563 g/mol. The number of nitrogens with one attached hydrogen (secondary N) is 1. The lowest BCUT2D eigenvalue weighted by Gasteiger charge is -2.26. The van der Waals surface area contributed by atoms with Crippen molar-refractivity contribution in [1.29, 1.82) is 0 Å². The summed E-state index contributed by atoms with van der Waals surface area (Å²) in [6, 6.07) is 9.13. The van der Waals surface area contributed by atoms with Gasteiger partial charge in [0, 0.05) is 55.8 Å². The molecule has 0 aliphatic carbocycles. The Balaban J connectivity index is 1.28. The van der Waals surface area contributed by atoms with E-state index in [0.717, 1.165) is 74.1 Å². The molecule has 2 aliphatic rings. The van der Waals surface area contributed by atoms with Gasteiger partial charge in [0.1, 0.15) is 22.3 Å². The van der Waals surface area contributed by atoms with E-state index in [4.69, 9.17) is 14.7 Å². The fraction of sp³-hybridized carbons (Fsp3) is 0.448. The molecule has 2 saturated heterocycles. The molecule has 3 aromatic heterocycles. The zero-order chi connectivity index (χ0) is 28.4. The SMILES string of the molecule is CNc1ccc(-c2ccc3c(CCCN4CCS(=O)(=O)CC4)cn(-c4csc(CN5CCOCC5)n4)c3n2)cc1F. The van der Waals surface area contributed by atoms with Crippen LogP contribution in [0.1, 0.15) is 17.0 Å². The number of aromatic nitrogens is 3. The summed E-state index contributed by atoms with van der Waals surface area (Å²) in [5.74, 6) is 0.995. The van der Waals surface area contributed by atoms with Crippen LogP contribution in [0.5, 0.6) is 0 Å². The quantitative estimate of drug-likeness (QED) is 0.311. The first-order chi connectivity index (χ1) is 19.9. The Morgan fingerprint density at radius 3 is 2.61 bits per heavy atom. The minimum absolute atomic E-state index is 0.242. The maximum absolute atomic E-state index is 14.6. The molecule has 0 bridgehead atoms. The van der Waals surface area contributed by atoms with Gasteiger partial charge in [-0.1, -0.05) is 6.07 Å². The molecule has 0 spiro atoms. The van der Waals surface area contributed by atoms with Gasteiger partial charge in [0.15, 0.2) is 9.84 Å². The highest BCUT2D eigenvalue weighted by Gasteiger charge is 2.22. The molecule has 1 N–H and O–H groups in total. The zero-order valence-electron chi connectivity index (χ0n) is 23.2. The van der Waals surface area contributed by atoms with Crippen molar-refractivity contribution in [2.24, 2.45) is 0 Å². The summed E-state index contributed by atoms with van der Waals surface area (Å²) in [7, 11) is -1.19. The number of morpholine rings is 1. The number of rotatable bonds is 9. The predicted octanol–water partition coefficient (Wildman–Crippen LogP) is 3.83. The first kappa shape index (κ1) is 28.2. The molecule has 2 aliphatic heterocycles. The highest BCUT2D eigenvalue weighted by molar-refractivity contribution is 7.91. The normalized spacial score (nSPS) is 18.2. The first-order valence-electron chi connectivity index (χ1n) is 14.0. The number of ether oxygens (including phenoxy) is 1. The third-order valence-electron chi connectivity index (χ3n) is 7.87. The number of halogens is 1. The molecule has 6 rings (SSSR count). The monoisotopic (exact) mass is 598 g/mol. The van der Waals surface area contributed by atoms with Gasteiger partial charge < -0.3 is 15.0 Å². The molecule has 12 heteroatoms.